The quantitative estimate of drug-likeness (QED) is 0.864. The first-order valence-electron chi connectivity index (χ1n) is 6.07. The zero-order valence-corrected chi connectivity index (χ0v) is 11.6. The van der Waals surface area contributed by atoms with Crippen molar-refractivity contribution in [2.75, 3.05) is 5.75 Å². The fourth-order valence-electron chi connectivity index (χ4n) is 1.98. The predicted molar refractivity (Wildman–Crippen MR) is 75.3 cm³/mol. The van der Waals surface area contributed by atoms with E-state index in [2.05, 4.69) is 0 Å². The maximum absolute atomic E-state index is 13.0. The fourth-order valence-corrected chi connectivity index (χ4v) is 3.31. The molecule has 0 saturated heterocycles. The van der Waals surface area contributed by atoms with Gasteiger partial charge in [-0.25, -0.2) is 13.6 Å². The van der Waals surface area contributed by atoms with Crippen LogP contribution in [0.2, 0.25) is 0 Å². The standard InChI is InChI=1S/C15H12F2O3S/c16-12-5-1-10(2-6-12)15(21(20)9-14(18)19)11-3-7-13(17)8-4-11/h1-8,15H,9H2,(H,18,19). The lowest BCUT2D eigenvalue weighted by atomic mass is 10.0. The summed E-state index contributed by atoms with van der Waals surface area (Å²) in [5, 5.41) is 8.05. The second kappa shape index (κ2) is 6.69. The molecule has 0 aliphatic carbocycles. The van der Waals surface area contributed by atoms with E-state index in [0.29, 0.717) is 11.1 Å². The van der Waals surface area contributed by atoms with Crippen molar-refractivity contribution in [3.63, 3.8) is 0 Å². The SMILES string of the molecule is O=C(O)C[S+]([O-])C(c1ccc(F)cc1)c1ccc(F)cc1. The lowest BCUT2D eigenvalue weighted by molar-refractivity contribution is -0.134. The summed E-state index contributed by atoms with van der Waals surface area (Å²) in [6.07, 6.45) is 0. The highest BCUT2D eigenvalue weighted by Gasteiger charge is 2.28. The summed E-state index contributed by atoms with van der Waals surface area (Å²) < 4.78 is 38.3. The van der Waals surface area contributed by atoms with Crippen molar-refractivity contribution >= 4 is 17.1 Å². The Bertz CT molecular complexity index is 568. The van der Waals surface area contributed by atoms with Gasteiger partial charge in [-0.05, 0) is 35.4 Å². The van der Waals surface area contributed by atoms with Crippen LogP contribution in [0.4, 0.5) is 8.78 Å². The van der Waals surface area contributed by atoms with E-state index in [1.54, 1.807) is 0 Å². The number of benzene rings is 2. The van der Waals surface area contributed by atoms with Crippen LogP contribution >= 0.6 is 0 Å². The molecule has 0 aromatic heterocycles. The van der Waals surface area contributed by atoms with Crippen molar-refractivity contribution in [2.24, 2.45) is 0 Å². The fraction of sp³-hybridized carbons (Fsp3) is 0.133. The molecule has 6 heteroatoms. The number of hydrogen-bond donors (Lipinski definition) is 1. The van der Waals surface area contributed by atoms with Crippen LogP contribution in [0, 0.1) is 11.6 Å². The van der Waals surface area contributed by atoms with Gasteiger partial charge in [-0.3, -0.25) is 0 Å². The molecule has 1 atom stereocenters. The van der Waals surface area contributed by atoms with E-state index in [4.69, 9.17) is 5.11 Å². The lowest BCUT2D eigenvalue weighted by Crippen LogP contribution is -2.23. The Hall–Kier alpha value is -1.92. The number of carboxylic acids is 1. The second-order valence-electron chi connectivity index (χ2n) is 4.40. The minimum atomic E-state index is -1.75. The molecule has 0 amide bonds. The summed E-state index contributed by atoms with van der Waals surface area (Å²) in [5.74, 6) is -2.62. The largest absolute Gasteiger partial charge is 0.615 e. The highest BCUT2D eigenvalue weighted by atomic mass is 32.2. The smallest absolute Gasteiger partial charge is 0.353 e. The van der Waals surface area contributed by atoms with E-state index in [1.165, 1.54) is 48.5 Å². The van der Waals surface area contributed by atoms with Gasteiger partial charge >= 0.3 is 5.97 Å². The molecule has 0 aliphatic heterocycles. The number of hydrogen-bond acceptors (Lipinski definition) is 2. The van der Waals surface area contributed by atoms with Gasteiger partial charge < -0.3 is 9.66 Å². The van der Waals surface area contributed by atoms with Crippen LogP contribution in [0.3, 0.4) is 0 Å². The van der Waals surface area contributed by atoms with Crippen LogP contribution in [-0.4, -0.2) is 21.4 Å². The van der Waals surface area contributed by atoms with Crippen LogP contribution in [-0.2, 0) is 16.0 Å². The molecule has 0 bridgehead atoms. The minimum Gasteiger partial charge on any atom is -0.615 e. The molecule has 110 valence electrons. The summed E-state index contributed by atoms with van der Waals surface area (Å²) >= 11 is -1.75. The minimum absolute atomic E-state index is 0.444. The number of carboxylic acid groups (broad SMARTS) is 1. The summed E-state index contributed by atoms with van der Waals surface area (Å²) in [4.78, 5) is 10.8. The van der Waals surface area contributed by atoms with Gasteiger partial charge in [-0.15, -0.1) is 0 Å². The molecular weight excluding hydrogens is 298 g/mol. The molecule has 0 spiro atoms. The van der Waals surface area contributed by atoms with E-state index >= 15 is 0 Å². The number of rotatable bonds is 5. The summed E-state index contributed by atoms with van der Waals surface area (Å²) in [6.45, 7) is 0. The molecule has 0 radical (unpaired) electrons. The highest BCUT2D eigenvalue weighted by Crippen LogP contribution is 2.31. The number of carbonyl (C=O) groups is 1. The lowest BCUT2D eigenvalue weighted by Gasteiger charge is -2.21. The van der Waals surface area contributed by atoms with Gasteiger partial charge in [0.1, 0.15) is 11.6 Å². The van der Waals surface area contributed by atoms with Crippen LogP contribution in [0.1, 0.15) is 16.4 Å². The van der Waals surface area contributed by atoms with Gasteiger partial charge in [0, 0.05) is 11.1 Å². The molecule has 0 saturated carbocycles. The van der Waals surface area contributed by atoms with Crippen molar-refractivity contribution in [1.82, 2.24) is 0 Å². The first-order valence-corrected chi connectivity index (χ1v) is 7.45. The second-order valence-corrected chi connectivity index (χ2v) is 5.92. The van der Waals surface area contributed by atoms with Crippen molar-refractivity contribution in [2.45, 2.75) is 5.25 Å². The van der Waals surface area contributed by atoms with Gasteiger partial charge in [0.15, 0.2) is 5.25 Å². The summed E-state index contributed by atoms with van der Waals surface area (Å²) in [6, 6.07) is 10.6. The van der Waals surface area contributed by atoms with Gasteiger partial charge in [0.25, 0.3) is 0 Å². The molecular formula is C15H12F2O3S. The van der Waals surface area contributed by atoms with Gasteiger partial charge in [-0.2, -0.15) is 0 Å². The van der Waals surface area contributed by atoms with E-state index in [0.717, 1.165) is 0 Å². The Morgan fingerprint density at radius 1 is 1.00 bits per heavy atom. The van der Waals surface area contributed by atoms with Gasteiger partial charge in [-0.1, -0.05) is 24.3 Å². The van der Waals surface area contributed by atoms with E-state index in [9.17, 15) is 18.1 Å². The Morgan fingerprint density at radius 3 is 1.71 bits per heavy atom. The van der Waals surface area contributed by atoms with Crippen molar-refractivity contribution in [3.8, 4) is 0 Å². The average molecular weight is 310 g/mol. The number of halogens is 2. The molecule has 3 nitrogen and oxygen atoms in total. The van der Waals surface area contributed by atoms with Crippen LogP contribution < -0.4 is 0 Å². The van der Waals surface area contributed by atoms with Crippen molar-refractivity contribution in [3.05, 3.63) is 71.3 Å². The zero-order valence-electron chi connectivity index (χ0n) is 10.8. The van der Waals surface area contributed by atoms with E-state index in [1.807, 2.05) is 0 Å². The molecule has 0 aliphatic rings. The monoisotopic (exact) mass is 310 g/mol. The van der Waals surface area contributed by atoms with Crippen molar-refractivity contribution < 1.29 is 23.2 Å². The third kappa shape index (κ3) is 4.03. The first kappa shape index (κ1) is 15.5. The molecule has 2 aromatic carbocycles. The maximum atomic E-state index is 13.0. The van der Waals surface area contributed by atoms with Crippen LogP contribution in [0.25, 0.3) is 0 Å². The Labute approximate surface area is 123 Å². The molecule has 2 aromatic rings. The predicted octanol–water partition coefficient (Wildman–Crippen LogP) is 2.89. The van der Waals surface area contributed by atoms with Crippen LogP contribution in [0.15, 0.2) is 48.5 Å². The van der Waals surface area contributed by atoms with E-state index < -0.39 is 39.8 Å². The van der Waals surface area contributed by atoms with E-state index in [-0.39, 0.29) is 0 Å². The average Bonchev–Trinajstić information content (AvgIpc) is 2.42. The highest BCUT2D eigenvalue weighted by molar-refractivity contribution is 7.92. The maximum Gasteiger partial charge on any atom is 0.353 e. The normalized spacial score (nSPS) is 12.4. The Morgan fingerprint density at radius 2 is 1.38 bits per heavy atom. The third-order valence-corrected chi connectivity index (χ3v) is 4.48. The van der Waals surface area contributed by atoms with Gasteiger partial charge in [0.05, 0.1) is 0 Å². The molecule has 0 fully saturated rings. The van der Waals surface area contributed by atoms with Crippen LogP contribution in [0.5, 0.6) is 0 Å². The number of aliphatic carboxylic acids is 1. The molecule has 1 N–H and O–H groups in total. The van der Waals surface area contributed by atoms with Crippen molar-refractivity contribution in [1.29, 1.82) is 0 Å². The first-order chi connectivity index (χ1) is 9.97. The summed E-state index contributed by atoms with van der Waals surface area (Å²) in [5.41, 5.74) is 1.03. The molecule has 2 rings (SSSR count). The Balaban J connectivity index is 2.40. The zero-order chi connectivity index (χ0) is 15.4. The third-order valence-electron chi connectivity index (χ3n) is 2.87. The Kier molecular flexibility index (Phi) is 4.93. The molecule has 21 heavy (non-hydrogen) atoms. The summed E-state index contributed by atoms with van der Waals surface area (Å²) in [7, 11) is 0. The topological polar surface area (TPSA) is 60.4 Å². The molecule has 0 heterocycles. The van der Waals surface area contributed by atoms with Gasteiger partial charge in [0.2, 0.25) is 5.75 Å². The molecule has 1 unspecified atom stereocenters.